The summed E-state index contributed by atoms with van der Waals surface area (Å²) in [4.78, 5) is 16.5. The first-order valence-electron chi connectivity index (χ1n) is 13.0. The van der Waals surface area contributed by atoms with Crippen LogP contribution < -0.4 is 9.47 Å². The van der Waals surface area contributed by atoms with Gasteiger partial charge in [-0.25, -0.2) is 4.79 Å². The molecule has 0 aliphatic carbocycles. The van der Waals surface area contributed by atoms with E-state index in [9.17, 15) is 18.0 Å². The number of nitrogens with zero attached hydrogens (tertiary/aromatic N) is 2. The van der Waals surface area contributed by atoms with Crippen molar-refractivity contribution in [3.63, 3.8) is 0 Å². The molecule has 3 aliphatic heterocycles. The molecule has 0 N–H and O–H groups in total. The Bertz CT molecular complexity index is 1060. The summed E-state index contributed by atoms with van der Waals surface area (Å²) in [7, 11) is 0. The number of halogens is 3. The van der Waals surface area contributed by atoms with Crippen LogP contribution in [0.3, 0.4) is 0 Å². The SMILES string of the molecule is O=C1OC[C@H](Cc2ccccc2)N1CCC1CCN(C[C@H]2COc3ccc(CC(F)(F)F)cc3O2)CC1. The average Bonchev–Trinajstić information content (AvgIpc) is 3.21. The predicted octanol–water partition coefficient (Wildman–Crippen LogP) is 5.10. The summed E-state index contributed by atoms with van der Waals surface area (Å²) >= 11 is 0. The van der Waals surface area contributed by atoms with Crippen LogP contribution in [0.1, 0.15) is 30.4 Å². The highest BCUT2D eigenvalue weighted by Crippen LogP contribution is 2.35. The molecule has 6 nitrogen and oxygen atoms in total. The lowest BCUT2D eigenvalue weighted by molar-refractivity contribution is -0.127. The smallest absolute Gasteiger partial charge is 0.410 e. The lowest BCUT2D eigenvalue weighted by Gasteiger charge is -2.36. The summed E-state index contributed by atoms with van der Waals surface area (Å²) in [5.41, 5.74) is 1.38. The topological polar surface area (TPSA) is 51.2 Å². The number of carbonyl (C=O) groups is 1. The van der Waals surface area contributed by atoms with Crippen molar-refractivity contribution in [3.8, 4) is 11.5 Å². The Morgan fingerprint density at radius 2 is 1.70 bits per heavy atom. The number of benzene rings is 2. The number of carbonyl (C=O) groups excluding carboxylic acids is 1. The molecule has 0 unspecified atom stereocenters. The second kappa shape index (κ2) is 11.2. The second-order valence-corrected chi connectivity index (χ2v) is 10.3. The predicted molar refractivity (Wildman–Crippen MR) is 132 cm³/mol. The van der Waals surface area contributed by atoms with E-state index in [-0.39, 0.29) is 23.8 Å². The van der Waals surface area contributed by atoms with Gasteiger partial charge in [0.25, 0.3) is 0 Å². The zero-order valence-corrected chi connectivity index (χ0v) is 20.8. The molecule has 2 saturated heterocycles. The Labute approximate surface area is 215 Å². The van der Waals surface area contributed by atoms with E-state index < -0.39 is 12.6 Å². The Morgan fingerprint density at radius 3 is 2.46 bits per heavy atom. The third-order valence-corrected chi connectivity index (χ3v) is 7.47. The van der Waals surface area contributed by atoms with E-state index in [1.54, 1.807) is 6.07 Å². The van der Waals surface area contributed by atoms with Crippen molar-refractivity contribution in [2.45, 2.75) is 50.4 Å². The van der Waals surface area contributed by atoms with E-state index in [0.717, 1.165) is 38.8 Å². The fourth-order valence-electron chi connectivity index (χ4n) is 5.48. The van der Waals surface area contributed by atoms with Crippen LogP contribution in [0.15, 0.2) is 48.5 Å². The number of amides is 1. The van der Waals surface area contributed by atoms with Gasteiger partial charge in [-0.15, -0.1) is 0 Å². The van der Waals surface area contributed by atoms with Gasteiger partial charge in [0.05, 0.1) is 12.5 Å². The molecule has 0 bridgehead atoms. The highest BCUT2D eigenvalue weighted by atomic mass is 19.4. The first-order chi connectivity index (χ1) is 17.8. The molecule has 3 aliphatic rings. The van der Waals surface area contributed by atoms with Crippen molar-refractivity contribution in [2.24, 2.45) is 5.92 Å². The molecule has 1 amide bonds. The van der Waals surface area contributed by atoms with Crippen LogP contribution in [0.2, 0.25) is 0 Å². The van der Waals surface area contributed by atoms with Crippen molar-refractivity contribution >= 4 is 6.09 Å². The van der Waals surface area contributed by atoms with Crippen molar-refractivity contribution in [3.05, 3.63) is 59.7 Å². The first kappa shape index (κ1) is 25.7. The third kappa shape index (κ3) is 6.89. The van der Waals surface area contributed by atoms with Gasteiger partial charge in [-0.05, 0) is 68.0 Å². The van der Waals surface area contributed by atoms with Gasteiger partial charge in [-0.3, -0.25) is 4.90 Å². The van der Waals surface area contributed by atoms with Gasteiger partial charge in [0.2, 0.25) is 0 Å². The van der Waals surface area contributed by atoms with Crippen molar-refractivity contribution in [2.75, 3.05) is 39.4 Å². The Balaban J connectivity index is 1.06. The van der Waals surface area contributed by atoms with E-state index in [0.29, 0.717) is 43.7 Å². The van der Waals surface area contributed by atoms with Crippen LogP contribution >= 0.6 is 0 Å². The summed E-state index contributed by atoms with van der Waals surface area (Å²) in [6.45, 7) is 4.04. The number of hydrogen-bond acceptors (Lipinski definition) is 5. The fourth-order valence-corrected chi connectivity index (χ4v) is 5.48. The molecule has 3 heterocycles. The number of cyclic esters (lactones) is 1. The molecule has 0 saturated carbocycles. The first-order valence-corrected chi connectivity index (χ1v) is 13.0. The normalized spacial score (nSPS) is 22.8. The lowest BCUT2D eigenvalue weighted by atomic mass is 9.93. The van der Waals surface area contributed by atoms with E-state index in [1.165, 1.54) is 17.7 Å². The zero-order valence-electron chi connectivity index (χ0n) is 20.8. The van der Waals surface area contributed by atoms with Gasteiger partial charge in [-0.1, -0.05) is 36.4 Å². The minimum atomic E-state index is -4.26. The van der Waals surface area contributed by atoms with Gasteiger partial charge in [0.15, 0.2) is 11.5 Å². The third-order valence-electron chi connectivity index (χ3n) is 7.47. The molecule has 2 atom stereocenters. The molecule has 2 aromatic rings. The minimum absolute atomic E-state index is 0.0814. The fraction of sp³-hybridized carbons (Fsp3) is 0.536. The summed E-state index contributed by atoms with van der Waals surface area (Å²) in [6.07, 6.45) is -1.86. The van der Waals surface area contributed by atoms with Crippen molar-refractivity contribution < 1.29 is 32.2 Å². The molecule has 0 radical (unpaired) electrons. The van der Waals surface area contributed by atoms with Crippen LogP contribution in [0.5, 0.6) is 11.5 Å². The van der Waals surface area contributed by atoms with Crippen LogP contribution in [0.25, 0.3) is 0 Å². The number of fused-ring (bicyclic) bond motifs is 1. The summed E-state index contributed by atoms with van der Waals surface area (Å²) in [5.74, 6) is 1.42. The van der Waals surface area contributed by atoms with Gasteiger partial charge in [0.1, 0.15) is 19.3 Å². The summed E-state index contributed by atoms with van der Waals surface area (Å²) in [5, 5.41) is 0. The van der Waals surface area contributed by atoms with Crippen LogP contribution in [-0.2, 0) is 17.6 Å². The Kier molecular flexibility index (Phi) is 7.79. The molecule has 2 fully saturated rings. The number of piperidine rings is 1. The molecular formula is C28H33F3N2O4. The number of alkyl halides is 3. The van der Waals surface area contributed by atoms with Crippen LogP contribution in [0.4, 0.5) is 18.0 Å². The van der Waals surface area contributed by atoms with Gasteiger partial charge < -0.3 is 19.1 Å². The number of hydrogen-bond donors (Lipinski definition) is 0. The molecule has 9 heteroatoms. The van der Waals surface area contributed by atoms with E-state index in [2.05, 4.69) is 17.0 Å². The van der Waals surface area contributed by atoms with E-state index in [1.807, 2.05) is 23.1 Å². The summed E-state index contributed by atoms with van der Waals surface area (Å²) in [6, 6.07) is 14.7. The zero-order chi connectivity index (χ0) is 25.8. The Morgan fingerprint density at radius 1 is 0.919 bits per heavy atom. The molecule has 5 rings (SSSR count). The highest BCUT2D eigenvalue weighted by molar-refractivity contribution is 5.70. The monoisotopic (exact) mass is 518 g/mol. The number of likely N-dealkylation sites (tertiary alicyclic amines) is 1. The molecule has 37 heavy (non-hydrogen) atoms. The molecule has 0 aromatic heterocycles. The maximum absolute atomic E-state index is 12.8. The van der Waals surface area contributed by atoms with Crippen LogP contribution in [0, 0.1) is 5.92 Å². The second-order valence-electron chi connectivity index (χ2n) is 10.3. The lowest BCUT2D eigenvalue weighted by Crippen LogP contribution is -2.44. The highest BCUT2D eigenvalue weighted by Gasteiger charge is 2.34. The van der Waals surface area contributed by atoms with Crippen molar-refractivity contribution in [1.29, 1.82) is 0 Å². The molecule has 0 spiro atoms. The number of ether oxygens (including phenoxy) is 3. The summed E-state index contributed by atoms with van der Waals surface area (Å²) < 4.78 is 55.4. The van der Waals surface area contributed by atoms with E-state index >= 15 is 0 Å². The van der Waals surface area contributed by atoms with Gasteiger partial charge in [0, 0.05) is 13.1 Å². The number of rotatable bonds is 8. The molecular weight excluding hydrogens is 485 g/mol. The van der Waals surface area contributed by atoms with Gasteiger partial charge >= 0.3 is 12.3 Å². The van der Waals surface area contributed by atoms with Crippen molar-refractivity contribution in [1.82, 2.24) is 9.80 Å². The molecule has 2 aromatic carbocycles. The largest absolute Gasteiger partial charge is 0.486 e. The van der Waals surface area contributed by atoms with Gasteiger partial charge in [-0.2, -0.15) is 13.2 Å². The maximum Gasteiger partial charge on any atom is 0.410 e. The average molecular weight is 519 g/mol. The minimum Gasteiger partial charge on any atom is -0.486 e. The quantitative estimate of drug-likeness (QED) is 0.487. The van der Waals surface area contributed by atoms with E-state index in [4.69, 9.17) is 14.2 Å². The molecule has 200 valence electrons. The Hall–Kier alpha value is -2.94. The maximum atomic E-state index is 12.8. The standard InChI is InChI=1S/C28H33F3N2O4/c29-28(30,31)16-22-6-7-25-26(15-22)37-24(19-35-25)17-32-11-8-20(9-12-32)10-13-33-23(18-36-27(33)34)14-21-4-2-1-3-5-21/h1-7,15,20,23-24H,8-14,16-19H2/t23-,24-/m0/s1. The van der Waals surface area contributed by atoms with Crippen LogP contribution in [-0.4, -0.2) is 73.6 Å².